The van der Waals surface area contributed by atoms with Crippen molar-refractivity contribution in [1.82, 2.24) is 20.2 Å². The molecule has 3 rings (SSSR count). The highest BCUT2D eigenvalue weighted by atomic mass is 32.2. The number of hydrogen-bond donors (Lipinski definition) is 2. The van der Waals surface area contributed by atoms with Crippen molar-refractivity contribution in [2.24, 2.45) is 5.10 Å². The largest absolute Gasteiger partial charge is 0.378 e. The number of hydrogen-bond acceptors (Lipinski definition) is 8. The second kappa shape index (κ2) is 11.6. The predicted octanol–water partition coefficient (Wildman–Crippen LogP) is 3.62. The minimum absolute atomic E-state index is 0.0109. The van der Waals surface area contributed by atoms with Crippen LogP contribution in [0.25, 0.3) is 0 Å². The van der Waals surface area contributed by atoms with Crippen molar-refractivity contribution in [3.05, 3.63) is 88.8 Å². The van der Waals surface area contributed by atoms with E-state index >= 15 is 0 Å². The van der Waals surface area contributed by atoms with E-state index in [1.54, 1.807) is 25.1 Å². The fourth-order valence-corrected chi connectivity index (χ4v) is 3.61. The van der Waals surface area contributed by atoms with Crippen molar-refractivity contribution < 1.29 is 9.72 Å². The fourth-order valence-electron chi connectivity index (χ4n) is 2.74. The van der Waals surface area contributed by atoms with Crippen molar-refractivity contribution >= 4 is 35.3 Å². The number of carbonyl (C=O) groups excluding carboxylic acids is 1. The first-order chi connectivity index (χ1) is 16.0. The number of nitrogens with one attached hydrogen (secondary N) is 2. The summed E-state index contributed by atoms with van der Waals surface area (Å²) in [4.78, 5) is 22.7. The number of rotatable bonds is 11. The summed E-state index contributed by atoms with van der Waals surface area (Å²) < 4.78 is 1.90. The molecule has 10 nitrogen and oxygen atoms in total. The Kier molecular flexibility index (Phi) is 8.30. The van der Waals surface area contributed by atoms with Gasteiger partial charge in [-0.3, -0.25) is 14.9 Å². The van der Waals surface area contributed by atoms with E-state index in [-0.39, 0.29) is 11.6 Å². The van der Waals surface area contributed by atoms with E-state index in [9.17, 15) is 14.9 Å². The quantitative estimate of drug-likeness (QED) is 0.146. The smallest absolute Gasteiger partial charge is 0.269 e. The first-order valence-corrected chi connectivity index (χ1v) is 10.9. The van der Waals surface area contributed by atoms with E-state index in [1.165, 1.54) is 30.1 Å². The molecule has 2 N–H and O–H groups in total. The van der Waals surface area contributed by atoms with Crippen LogP contribution in [0.4, 0.5) is 11.4 Å². The van der Waals surface area contributed by atoms with Crippen molar-refractivity contribution in [2.45, 2.75) is 30.4 Å². The lowest BCUT2D eigenvalue weighted by atomic mass is 10.2. The Labute approximate surface area is 195 Å². The number of para-hydroxylation sites is 1. The van der Waals surface area contributed by atoms with Gasteiger partial charge in [-0.15, -0.1) is 16.8 Å². The number of benzene rings is 2. The van der Waals surface area contributed by atoms with Crippen LogP contribution in [0.1, 0.15) is 18.3 Å². The average molecular weight is 466 g/mol. The van der Waals surface area contributed by atoms with Gasteiger partial charge in [-0.2, -0.15) is 5.10 Å². The number of non-ortho nitro benzene ring substituents is 1. The third-order valence-electron chi connectivity index (χ3n) is 4.47. The van der Waals surface area contributed by atoms with Crippen molar-refractivity contribution in [1.29, 1.82) is 0 Å². The lowest BCUT2D eigenvalue weighted by molar-refractivity contribution is -0.384. The monoisotopic (exact) mass is 465 g/mol. The molecule has 2 aromatic carbocycles. The maximum absolute atomic E-state index is 12.4. The second-order valence-corrected chi connectivity index (χ2v) is 8.17. The molecular weight excluding hydrogens is 442 g/mol. The lowest BCUT2D eigenvalue weighted by Gasteiger charge is -2.12. The Morgan fingerprint density at radius 3 is 2.64 bits per heavy atom. The Morgan fingerprint density at radius 2 is 1.97 bits per heavy atom. The number of amides is 1. The van der Waals surface area contributed by atoms with E-state index in [4.69, 9.17) is 0 Å². The van der Waals surface area contributed by atoms with Gasteiger partial charge in [-0.25, -0.2) is 5.43 Å². The zero-order valence-electron chi connectivity index (χ0n) is 17.9. The predicted molar refractivity (Wildman–Crippen MR) is 128 cm³/mol. The zero-order chi connectivity index (χ0) is 23.6. The number of aromatic nitrogens is 3. The normalized spacial score (nSPS) is 11.8. The summed E-state index contributed by atoms with van der Waals surface area (Å²) in [5, 5.41) is 26.5. The van der Waals surface area contributed by atoms with Crippen LogP contribution in [0.5, 0.6) is 0 Å². The van der Waals surface area contributed by atoms with Crippen molar-refractivity contribution in [3.8, 4) is 0 Å². The van der Waals surface area contributed by atoms with Crippen LogP contribution in [-0.4, -0.2) is 37.1 Å². The standard InChI is InChI=1S/C22H23N7O3S/c1-3-13-28-20(15-23-18-7-5-4-6-8-18)25-27-22(28)33-16(2)21(30)26-24-14-17-9-11-19(12-10-17)29(31)32/h3-12,14,16,23H,1,13,15H2,2H3,(H,26,30). The topological polar surface area (TPSA) is 127 Å². The Balaban J connectivity index is 1.58. The van der Waals surface area contributed by atoms with Crippen molar-refractivity contribution in [2.75, 3.05) is 5.32 Å². The molecule has 0 spiro atoms. The molecule has 11 heteroatoms. The molecule has 0 saturated heterocycles. The number of hydrazone groups is 1. The van der Waals surface area contributed by atoms with Gasteiger partial charge in [0.25, 0.3) is 11.6 Å². The molecule has 1 unspecified atom stereocenters. The summed E-state index contributed by atoms with van der Waals surface area (Å²) in [6.45, 7) is 6.52. The highest BCUT2D eigenvalue weighted by molar-refractivity contribution is 8.00. The number of nitro benzene ring substituents is 1. The molecule has 1 atom stereocenters. The lowest BCUT2D eigenvalue weighted by Crippen LogP contribution is -2.27. The minimum Gasteiger partial charge on any atom is -0.378 e. The molecule has 1 heterocycles. The number of nitrogens with zero attached hydrogens (tertiary/aromatic N) is 5. The first kappa shape index (κ1) is 23.7. The summed E-state index contributed by atoms with van der Waals surface area (Å²) in [6, 6.07) is 15.6. The summed E-state index contributed by atoms with van der Waals surface area (Å²) in [5.41, 5.74) is 4.07. The summed E-state index contributed by atoms with van der Waals surface area (Å²) in [7, 11) is 0. The highest BCUT2D eigenvalue weighted by Gasteiger charge is 2.19. The molecule has 0 radical (unpaired) electrons. The van der Waals surface area contributed by atoms with Gasteiger partial charge < -0.3 is 9.88 Å². The molecular formula is C22H23N7O3S. The van der Waals surface area contributed by atoms with E-state index in [2.05, 4.69) is 32.6 Å². The van der Waals surface area contributed by atoms with Crippen LogP contribution in [0.3, 0.4) is 0 Å². The van der Waals surface area contributed by atoms with E-state index in [1.807, 2.05) is 34.9 Å². The van der Waals surface area contributed by atoms with E-state index in [0.717, 1.165) is 11.5 Å². The summed E-state index contributed by atoms with van der Waals surface area (Å²) in [6.07, 6.45) is 3.17. The fraction of sp³-hybridized carbons (Fsp3) is 0.182. The van der Waals surface area contributed by atoms with Crippen LogP contribution < -0.4 is 10.7 Å². The maximum atomic E-state index is 12.4. The van der Waals surface area contributed by atoms with Gasteiger partial charge in [0, 0.05) is 24.4 Å². The maximum Gasteiger partial charge on any atom is 0.269 e. The van der Waals surface area contributed by atoms with Gasteiger partial charge >= 0.3 is 0 Å². The zero-order valence-corrected chi connectivity index (χ0v) is 18.7. The third-order valence-corrected chi connectivity index (χ3v) is 5.55. The van der Waals surface area contributed by atoms with Gasteiger partial charge in [-0.1, -0.05) is 36.0 Å². The van der Waals surface area contributed by atoms with Crippen LogP contribution >= 0.6 is 11.8 Å². The van der Waals surface area contributed by atoms with Gasteiger partial charge in [0.15, 0.2) is 11.0 Å². The minimum atomic E-state index is -0.485. The van der Waals surface area contributed by atoms with Gasteiger partial charge in [0.05, 0.1) is 22.9 Å². The summed E-state index contributed by atoms with van der Waals surface area (Å²) in [5.74, 6) is 0.417. The molecule has 1 aromatic heterocycles. The SMILES string of the molecule is C=CCn1c(CNc2ccccc2)nnc1SC(C)C(=O)NN=Cc1ccc([N+](=O)[O-])cc1. The van der Waals surface area contributed by atoms with Crippen LogP contribution in [-0.2, 0) is 17.9 Å². The Morgan fingerprint density at radius 1 is 1.24 bits per heavy atom. The van der Waals surface area contributed by atoms with Crippen LogP contribution in [0.15, 0.2) is 77.5 Å². The molecule has 0 aliphatic heterocycles. The van der Waals surface area contributed by atoms with E-state index in [0.29, 0.717) is 23.8 Å². The Hall–Kier alpha value is -3.99. The highest BCUT2D eigenvalue weighted by Crippen LogP contribution is 2.23. The average Bonchev–Trinajstić information content (AvgIpc) is 3.20. The molecule has 0 aliphatic rings. The van der Waals surface area contributed by atoms with Crippen LogP contribution in [0.2, 0.25) is 0 Å². The first-order valence-electron chi connectivity index (χ1n) is 10.0. The van der Waals surface area contributed by atoms with Crippen molar-refractivity contribution in [3.63, 3.8) is 0 Å². The second-order valence-electron chi connectivity index (χ2n) is 6.86. The van der Waals surface area contributed by atoms with Gasteiger partial charge in [-0.05, 0) is 36.8 Å². The van der Waals surface area contributed by atoms with Gasteiger partial charge in [0.1, 0.15) is 0 Å². The summed E-state index contributed by atoms with van der Waals surface area (Å²) >= 11 is 1.27. The van der Waals surface area contributed by atoms with E-state index < -0.39 is 10.2 Å². The number of allylic oxidation sites excluding steroid dienone is 1. The molecule has 0 fully saturated rings. The molecule has 0 bridgehead atoms. The molecule has 3 aromatic rings. The molecule has 0 aliphatic carbocycles. The Bertz CT molecular complexity index is 1130. The number of thioether (sulfide) groups is 1. The van der Waals surface area contributed by atoms with Crippen LogP contribution in [0, 0.1) is 10.1 Å². The third kappa shape index (κ3) is 6.74. The number of carbonyl (C=O) groups is 1. The molecule has 33 heavy (non-hydrogen) atoms. The number of anilines is 1. The number of nitro groups is 1. The molecule has 170 valence electrons. The molecule has 0 saturated carbocycles. The molecule has 1 amide bonds. The van der Waals surface area contributed by atoms with Gasteiger partial charge in [0.2, 0.25) is 0 Å².